The summed E-state index contributed by atoms with van der Waals surface area (Å²) in [7, 11) is 0. The Morgan fingerprint density at radius 1 is 1.12 bits per heavy atom. The normalized spacial score (nSPS) is 38.6. The molecule has 0 bridgehead atoms. The van der Waals surface area contributed by atoms with Gasteiger partial charge in [0.15, 0.2) is 0 Å². The Morgan fingerprint density at radius 2 is 1.77 bits per heavy atom. The smallest absolute Gasteiger partial charge is 0.303 e. The Balaban J connectivity index is 2.47. The maximum Gasteiger partial charge on any atom is 0.303 e. The highest BCUT2D eigenvalue weighted by Crippen LogP contribution is 2.41. The minimum atomic E-state index is -0.425. The van der Waals surface area contributed by atoms with Gasteiger partial charge in [0.05, 0.1) is 0 Å². The van der Waals surface area contributed by atoms with Crippen LogP contribution in [-0.4, -0.2) is 23.6 Å². The topological polar surface area (TPSA) is 60.4 Å². The molecule has 0 aromatic carbocycles. The van der Waals surface area contributed by atoms with Crippen molar-refractivity contribution in [1.29, 1.82) is 0 Å². The SMILES string of the molecule is C=C(C)[C@@H]1/C=C/[C@@H](C)C(=O)[C@H]2C[C@@H](C)[C@@H](OC(C)=O)/C2=C/[C@@H](C)C(=O)C1. The zero-order chi connectivity index (χ0) is 19.6. The van der Waals surface area contributed by atoms with Gasteiger partial charge in [0.25, 0.3) is 0 Å². The third kappa shape index (κ3) is 4.40. The van der Waals surface area contributed by atoms with Crippen LogP contribution in [0.4, 0.5) is 0 Å². The first-order chi connectivity index (χ1) is 12.1. The molecule has 0 aromatic heterocycles. The molecule has 0 aromatic rings. The largest absolute Gasteiger partial charge is 0.458 e. The Bertz CT molecular complexity index is 670. The van der Waals surface area contributed by atoms with Crippen LogP contribution in [0.25, 0.3) is 0 Å². The molecule has 1 fully saturated rings. The molecular formula is C22H30O4. The number of carbonyl (C=O) groups is 3. The molecule has 0 aliphatic heterocycles. The van der Waals surface area contributed by atoms with Gasteiger partial charge in [-0.15, -0.1) is 0 Å². The maximum absolute atomic E-state index is 13.1. The average Bonchev–Trinajstić information content (AvgIpc) is 2.84. The van der Waals surface area contributed by atoms with Gasteiger partial charge in [-0.3, -0.25) is 14.4 Å². The first-order valence-electron chi connectivity index (χ1n) is 9.40. The van der Waals surface area contributed by atoms with Gasteiger partial charge in [-0.05, 0) is 24.8 Å². The summed E-state index contributed by atoms with van der Waals surface area (Å²) in [6, 6.07) is 0. The second-order valence-corrected chi connectivity index (χ2v) is 7.95. The fourth-order valence-electron chi connectivity index (χ4n) is 3.92. The van der Waals surface area contributed by atoms with E-state index >= 15 is 0 Å². The van der Waals surface area contributed by atoms with Gasteiger partial charge in [0, 0.05) is 37.0 Å². The summed E-state index contributed by atoms with van der Waals surface area (Å²) in [6.45, 7) is 13.0. The summed E-state index contributed by atoms with van der Waals surface area (Å²) < 4.78 is 5.52. The van der Waals surface area contributed by atoms with Crippen molar-refractivity contribution in [2.45, 2.75) is 53.6 Å². The molecule has 0 N–H and O–H groups in total. The van der Waals surface area contributed by atoms with E-state index in [1.165, 1.54) is 6.92 Å². The third-order valence-corrected chi connectivity index (χ3v) is 5.58. The quantitative estimate of drug-likeness (QED) is 0.552. The molecule has 0 saturated heterocycles. The number of hydrogen-bond donors (Lipinski definition) is 0. The lowest BCUT2D eigenvalue weighted by Gasteiger charge is -2.20. The van der Waals surface area contributed by atoms with Crippen LogP contribution in [0.15, 0.2) is 36.0 Å². The van der Waals surface area contributed by atoms with Crippen molar-refractivity contribution < 1.29 is 19.1 Å². The summed E-state index contributed by atoms with van der Waals surface area (Å²) in [6.07, 6.45) is 6.30. The highest BCUT2D eigenvalue weighted by Gasteiger charge is 2.43. The molecule has 2 aliphatic rings. The van der Waals surface area contributed by atoms with Gasteiger partial charge in [0.2, 0.25) is 0 Å². The van der Waals surface area contributed by atoms with E-state index in [0.717, 1.165) is 11.1 Å². The van der Waals surface area contributed by atoms with Gasteiger partial charge >= 0.3 is 5.97 Å². The number of hydrogen-bond acceptors (Lipinski definition) is 4. The number of allylic oxidation sites excluding steroid dienone is 4. The first-order valence-corrected chi connectivity index (χ1v) is 9.40. The van der Waals surface area contributed by atoms with Gasteiger partial charge in [-0.1, -0.05) is 51.2 Å². The second-order valence-electron chi connectivity index (χ2n) is 7.95. The van der Waals surface area contributed by atoms with Crippen molar-refractivity contribution in [2.75, 3.05) is 0 Å². The standard InChI is InChI=1S/C22H30O4/c1-12(2)17-8-7-13(3)21(25)18-10-15(5)22(26-16(6)23)19(18)9-14(4)20(24)11-17/h7-9,13-15,17-18,22H,1,10-11H2,2-6H3/b8-7+,19-9+/t13-,14-,15-,17-,18+,22-/m1/s1. The minimum Gasteiger partial charge on any atom is -0.458 e. The summed E-state index contributed by atoms with van der Waals surface area (Å²) in [5.41, 5.74) is 1.72. The van der Waals surface area contributed by atoms with E-state index in [1.54, 1.807) is 0 Å². The highest BCUT2D eigenvalue weighted by molar-refractivity contribution is 5.89. The molecule has 0 unspecified atom stereocenters. The van der Waals surface area contributed by atoms with E-state index in [4.69, 9.17) is 4.74 Å². The summed E-state index contributed by atoms with van der Waals surface area (Å²) in [5.74, 6) is -1.01. The molecular weight excluding hydrogens is 328 g/mol. The van der Waals surface area contributed by atoms with E-state index in [-0.39, 0.29) is 47.1 Å². The summed E-state index contributed by atoms with van der Waals surface area (Å²) >= 11 is 0. The van der Waals surface area contributed by atoms with Gasteiger partial charge < -0.3 is 4.74 Å². The molecule has 26 heavy (non-hydrogen) atoms. The number of ketones is 2. The zero-order valence-corrected chi connectivity index (χ0v) is 16.5. The lowest BCUT2D eigenvalue weighted by atomic mass is 9.87. The number of Topliss-reactive ketones (excluding diaryl/α,β-unsaturated/α-hetero) is 2. The van der Waals surface area contributed by atoms with Crippen LogP contribution in [0.5, 0.6) is 0 Å². The Kier molecular flexibility index (Phi) is 6.38. The molecule has 0 spiro atoms. The predicted molar refractivity (Wildman–Crippen MR) is 101 cm³/mol. The first kappa shape index (κ1) is 20.3. The Hall–Kier alpha value is -1.97. The van der Waals surface area contributed by atoms with E-state index < -0.39 is 6.10 Å². The fourth-order valence-corrected chi connectivity index (χ4v) is 3.92. The predicted octanol–water partition coefficient (Wildman–Crippen LogP) is 4.06. The number of fused-ring (bicyclic) bond motifs is 1. The maximum atomic E-state index is 13.1. The molecule has 0 heterocycles. The zero-order valence-electron chi connectivity index (χ0n) is 16.5. The number of ether oxygens (including phenoxy) is 1. The van der Waals surface area contributed by atoms with Crippen molar-refractivity contribution in [3.8, 4) is 0 Å². The molecule has 4 nitrogen and oxygen atoms in total. The van der Waals surface area contributed by atoms with Gasteiger partial charge in [0.1, 0.15) is 17.7 Å². The second kappa shape index (κ2) is 8.15. The van der Waals surface area contributed by atoms with Gasteiger partial charge in [-0.25, -0.2) is 0 Å². The van der Waals surface area contributed by atoms with Crippen LogP contribution < -0.4 is 0 Å². The molecule has 6 atom stereocenters. The van der Waals surface area contributed by atoms with Crippen LogP contribution in [0.1, 0.15) is 47.5 Å². The fraction of sp³-hybridized carbons (Fsp3) is 0.591. The van der Waals surface area contributed by atoms with E-state index in [0.29, 0.717) is 12.8 Å². The molecule has 0 amide bonds. The number of esters is 1. The lowest BCUT2D eigenvalue weighted by molar-refractivity contribution is -0.146. The van der Waals surface area contributed by atoms with E-state index in [9.17, 15) is 14.4 Å². The molecule has 4 heteroatoms. The molecule has 2 aliphatic carbocycles. The lowest BCUT2D eigenvalue weighted by Crippen LogP contribution is -2.25. The van der Waals surface area contributed by atoms with Crippen LogP contribution >= 0.6 is 0 Å². The van der Waals surface area contributed by atoms with Gasteiger partial charge in [-0.2, -0.15) is 0 Å². The number of carbonyl (C=O) groups excluding carboxylic acids is 3. The number of rotatable bonds is 2. The van der Waals surface area contributed by atoms with E-state index in [2.05, 4.69) is 6.58 Å². The third-order valence-electron chi connectivity index (χ3n) is 5.58. The average molecular weight is 358 g/mol. The van der Waals surface area contributed by atoms with Crippen molar-refractivity contribution in [2.24, 2.45) is 29.6 Å². The van der Waals surface area contributed by atoms with Crippen LogP contribution in [-0.2, 0) is 19.1 Å². The minimum absolute atomic E-state index is 0.0558. The van der Waals surface area contributed by atoms with Crippen LogP contribution in [0, 0.1) is 29.6 Å². The van der Waals surface area contributed by atoms with Crippen molar-refractivity contribution in [3.63, 3.8) is 0 Å². The van der Waals surface area contributed by atoms with Crippen LogP contribution in [0.2, 0.25) is 0 Å². The summed E-state index contributed by atoms with van der Waals surface area (Å²) in [5, 5.41) is 0. The molecule has 2 rings (SSSR count). The summed E-state index contributed by atoms with van der Waals surface area (Å²) in [4.78, 5) is 37.3. The van der Waals surface area contributed by atoms with Crippen molar-refractivity contribution in [3.05, 3.63) is 36.0 Å². The Labute approximate surface area is 156 Å². The van der Waals surface area contributed by atoms with Crippen molar-refractivity contribution >= 4 is 17.5 Å². The van der Waals surface area contributed by atoms with Crippen molar-refractivity contribution in [1.82, 2.24) is 0 Å². The highest BCUT2D eigenvalue weighted by atomic mass is 16.5. The van der Waals surface area contributed by atoms with Crippen LogP contribution in [0.3, 0.4) is 0 Å². The Morgan fingerprint density at radius 3 is 2.35 bits per heavy atom. The van der Waals surface area contributed by atoms with E-state index in [1.807, 2.05) is 45.9 Å². The molecule has 0 radical (unpaired) electrons. The molecule has 1 saturated carbocycles. The monoisotopic (exact) mass is 358 g/mol. The molecule has 142 valence electrons.